The average molecular weight is 317 g/mol. The van der Waals surface area contributed by atoms with E-state index in [1.807, 2.05) is 40.8 Å². The van der Waals surface area contributed by atoms with Gasteiger partial charge in [-0.05, 0) is 29.9 Å². The zero-order valence-electron chi connectivity index (χ0n) is 12.7. The summed E-state index contributed by atoms with van der Waals surface area (Å²) in [6.45, 7) is 2.21. The zero-order valence-corrected chi connectivity index (χ0v) is 13.6. The van der Waals surface area contributed by atoms with Crippen LogP contribution in [0.1, 0.15) is 24.0 Å². The highest BCUT2D eigenvalue weighted by Crippen LogP contribution is 2.26. The van der Waals surface area contributed by atoms with Crippen molar-refractivity contribution in [2.24, 2.45) is 0 Å². The molecule has 118 valence electrons. The van der Waals surface area contributed by atoms with Gasteiger partial charge in [-0.3, -0.25) is 4.68 Å². The summed E-state index contributed by atoms with van der Waals surface area (Å²) < 4.78 is 1.96. The highest BCUT2D eigenvalue weighted by molar-refractivity contribution is 7.99. The fraction of sp³-hybridized carbons (Fsp3) is 0.471. The molecule has 0 saturated carbocycles. The first-order chi connectivity index (χ1) is 10.7. The van der Waals surface area contributed by atoms with Gasteiger partial charge in [0, 0.05) is 24.8 Å². The topological polar surface area (TPSA) is 50.1 Å². The Labute approximate surface area is 135 Å². The molecule has 0 spiro atoms. The smallest absolute Gasteiger partial charge is 0.0787 e. The fourth-order valence-electron chi connectivity index (χ4n) is 2.72. The SMILES string of the molecule is OC1(CNCc2cnn(Cc3ccccc3)c2)CCSCC1. The van der Waals surface area contributed by atoms with E-state index in [9.17, 15) is 5.11 Å². The molecule has 0 atom stereocenters. The molecule has 2 aromatic rings. The highest BCUT2D eigenvalue weighted by atomic mass is 32.2. The Balaban J connectivity index is 1.47. The first-order valence-electron chi connectivity index (χ1n) is 7.80. The molecule has 1 aliphatic rings. The van der Waals surface area contributed by atoms with E-state index in [2.05, 4.69) is 28.7 Å². The number of aliphatic hydroxyl groups is 1. The van der Waals surface area contributed by atoms with Crippen molar-refractivity contribution in [3.63, 3.8) is 0 Å². The molecule has 0 unspecified atom stereocenters. The van der Waals surface area contributed by atoms with Crippen molar-refractivity contribution >= 4 is 11.8 Å². The minimum Gasteiger partial charge on any atom is -0.389 e. The molecule has 5 heteroatoms. The summed E-state index contributed by atoms with van der Waals surface area (Å²) in [4.78, 5) is 0. The molecule has 1 saturated heterocycles. The molecular weight excluding hydrogens is 294 g/mol. The molecule has 0 bridgehead atoms. The summed E-state index contributed by atoms with van der Waals surface area (Å²) in [5, 5.41) is 18.2. The average Bonchev–Trinajstić information content (AvgIpc) is 2.96. The number of hydrogen-bond acceptors (Lipinski definition) is 4. The van der Waals surface area contributed by atoms with Crippen LogP contribution in [0.2, 0.25) is 0 Å². The second-order valence-corrected chi connectivity index (χ2v) is 7.20. The van der Waals surface area contributed by atoms with Crippen LogP contribution in [0.25, 0.3) is 0 Å². The predicted octanol–water partition coefficient (Wildman–Crippen LogP) is 2.28. The van der Waals surface area contributed by atoms with Crippen LogP contribution in [-0.4, -0.2) is 38.5 Å². The van der Waals surface area contributed by atoms with Crippen molar-refractivity contribution in [2.75, 3.05) is 18.1 Å². The van der Waals surface area contributed by atoms with Gasteiger partial charge in [-0.1, -0.05) is 30.3 Å². The first kappa shape index (κ1) is 15.6. The van der Waals surface area contributed by atoms with Crippen molar-refractivity contribution in [1.29, 1.82) is 0 Å². The minimum atomic E-state index is -0.523. The van der Waals surface area contributed by atoms with Gasteiger partial charge in [-0.2, -0.15) is 16.9 Å². The van der Waals surface area contributed by atoms with E-state index < -0.39 is 5.60 Å². The summed E-state index contributed by atoms with van der Waals surface area (Å²) in [5.74, 6) is 2.13. The number of benzene rings is 1. The molecule has 2 N–H and O–H groups in total. The van der Waals surface area contributed by atoms with Gasteiger partial charge in [0.15, 0.2) is 0 Å². The van der Waals surface area contributed by atoms with Crippen LogP contribution in [-0.2, 0) is 13.1 Å². The Morgan fingerprint density at radius 2 is 1.95 bits per heavy atom. The number of nitrogens with one attached hydrogen (secondary N) is 1. The molecule has 0 radical (unpaired) electrons. The lowest BCUT2D eigenvalue weighted by atomic mass is 9.97. The monoisotopic (exact) mass is 317 g/mol. The fourth-order valence-corrected chi connectivity index (χ4v) is 3.98. The van der Waals surface area contributed by atoms with Crippen LogP contribution in [0.15, 0.2) is 42.7 Å². The molecular formula is C17H23N3OS. The first-order valence-corrected chi connectivity index (χ1v) is 8.95. The van der Waals surface area contributed by atoms with E-state index in [4.69, 9.17) is 0 Å². The van der Waals surface area contributed by atoms with Gasteiger partial charge in [-0.25, -0.2) is 0 Å². The number of thioether (sulfide) groups is 1. The molecule has 22 heavy (non-hydrogen) atoms. The van der Waals surface area contributed by atoms with Crippen LogP contribution < -0.4 is 5.32 Å². The van der Waals surface area contributed by atoms with E-state index in [0.717, 1.165) is 43.0 Å². The van der Waals surface area contributed by atoms with Crippen LogP contribution in [0.3, 0.4) is 0 Å². The minimum absolute atomic E-state index is 0.523. The van der Waals surface area contributed by atoms with E-state index in [1.54, 1.807) is 0 Å². The molecule has 1 fully saturated rings. The number of aromatic nitrogens is 2. The van der Waals surface area contributed by atoms with Gasteiger partial charge in [-0.15, -0.1) is 0 Å². The molecule has 1 aromatic carbocycles. The summed E-state index contributed by atoms with van der Waals surface area (Å²) in [5.41, 5.74) is 1.88. The van der Waals surface area contributed by atoms with Gasteiger partial charge in [0.2, 0.25) is 0 Å². The molecule has 1 aromatic heterocycles. The van der Waals surface area contributed by atoms with Gasteiger partial charge in [0.25, 0.3) is 0 Å². The van der Waals surface area contributed by atoms with Gasteiger partial charge < -0.3 is 10.4 Å². The van der Waals surface area contributed by atoms with E-state index in [0.29, 0.717) is 6.54 Å². The molecule has 3 rings (SSSR count). The Morgan fingerprint density at radius 1 is 1.18 bits per heavy atom. The van der Waals surface area contributed by atoms with Crippen LogP contribution in [0.4, 0.5) is 0 Å². The lowest BCUT2D eigenvalue weighted by Crippen LogP contribution is -2.43. The van der Waals surface area contributed by atoms with Crippen LogP contribution >= 0.6 is 11.8 Å². The maximum absolute atomic E-state index is 10.5. The lowest BCUT2D eigenvalue weighted by Gasteiger charge is -2.31. The van der Waals surface area contributed by atoms with Gasteiger partial charge in [0.1, 0.15) is 0 Å². The number of nitrogens with zero attached hydrogens (tertiary/aromatic N) is 2. The summed E-state index contributed by atoms with van der Waals surface area (Å²) >= 11 is 1.93. The van der Waals surface area contributed by atoms with Crippen molar-refractivity contribution < 1.29 is 5.11 Å². The number of hydrogen-bond donors (Lipinski definition) is 2. The molecule has 4 nitrogen and oxygen atoms in total. The highest BCUT2D eigenvalue weighted by Gasteiger charge is 2.28. The quantitative estimate of drug-likeness (QED) is 0.858. The maximum Gasteiger partial charge on any atom is 0.0787 e. The van der Waals surface area contributed by atoms with Crippen molar-refractivity contribution in [3.05, 3.63) is 53.9 Å². The molecule has 0 aliphatic carbocycles. The summed E-state index contributed by atoms with van der Waals surface area (Å²) in [7, 11) is 0. The Morgan fingerprint density at radius 3 is 2.73 bits per heavy atom. The Bertz CT molecular complexity index is 579. The summed E-state index contributed by atoms with van der Waals surface area (Å²) in [6.07, 6.45) is 5.74. The Kier molecular flexibility index (Phi) is 5.18. The third kappa shape index (κ3) is 4.35. The number of rotatable bonds is 6. The van der Waals surface area contributed by atoms with Crippen molar-refractivity contribution in [3.8, 4) is 0 Å². The second kappa shape index (κ2) is 7.31. The van der Waals surface area contributed by atoms with Crippen molar-refractivity contribution in [1.82, 2.24) is 15.1 Å². The van der Waals surface area contributed by atoms with Crippen LogP contribution in [0.5, 0.6) is 0 Å². The largest absolute Gasteiger partial charge is 0.389 e. The van der Waals surface area contributed by atoms with E-state index in [-0.39, 0.29) is 0 Å². The standard InChI is InChI=1S/C17H23N3OS/c21-17(6-8-22-9-7-17)14-18-10-16-11-19-20(13-16)12-15-4-2-1-3-5-15/h1-5,11,13,18,21H,6-10,12,14H2. The normalized spacial score (nSPS) is 17.5. The second-order valence-electron chi connectivity index (χ2n) is 5.97. The van der Waals surface area contributed by atoms with E-state index >= 15 is 0 Å². The van der Waals surface area contributed by atoms with Crippen molar-refractivity contribution in [2.45, 2.75) is 31.5 Å². The van der Waals surface area contributed by atoms with Gasteiger partial charge in [0.05, 0.1) is 18.3 Å². The molecule has 2 heterocycles. The predicted molar refractivity (Wildman–Crippen MR) is 91.0 cm³/mol. The lowest BCUT2D eigenvalue weighted by molar-refractivity contribution is 0.0320. The molecule has 1 aliphatic heterocycles. The maximum atomic E-state index is 10.5. The molecule has 0 amide bonds. The van der Waals surface area contributed by atoms with Gasteiger partial charge >= 0.3 is 0 Å². The zero-order chi connectivity index (χ0) is 15.3. The third-order valence-corrected chi connectivity index (χ3v) is 5.07. The Hall–Kier alpha value is -1.30. The summed E-state index contributed by atoms with van der Waals surface area (Å²) in [6, 6.07) is 10.3. The third-order valence-electron chi connectivity index (χ3n) is 4.08. The van der Waals surface area contributed by atoms with E-state index in [1.165, 1.54) is 5.56 Å². The van der Waals surface area contributed by atoms with Crippen LogP contribution in [0, 0.1) is 0 Å².